The molecule has 2 bridgehead atoms. The lowest BCUT2D eigenvalue weighted by atomic mass is 9.84. The number of rotatable bonds is 4. The Morgan fingerprint density at radius 1 is 0.852 bits per heavy atom. The molecule has 0 spiro atoms. The van der Waals surface area contributed by atoms with Crippen LogP contribution in [0.4, 0.5) is 0 Å². The van der Waals surface area contributed by atoms with Crippen molar-refractivity contribution in [1.82, 2.24) is 0 Å². The number of benzene rings is 2. The Labute approximate surface area is 156 Å². The fourth-order valence-electron chi connectivity index (χ4n) is 4.48. The van der Waals surface area contributed by atoms with E-state index < -0.39 is 5.60 Å². The van der Waals surface area contributed by atoms with Gasteiger partial charge in [0.05, 0.1) is 39.2 Å². The van der Waals surface area contributed by atoms with Crippen LogP contribution in [0, 0.1) is 0 Å². The largest absolute Gasteiger partial charge is 0.496 e. The minimum absolute atomic E-state index is 0.0910. The Balaban J connectivity index is 2.05. The molecule has 7 nitrogen and oxygen atoms in total. The predicted octanol–water partition coefficient (Wildman–Crippen LogP) is 3.46. The molecule has 27 heavy (non-hydrogen) atoms. The van der Waals surface area contributed by atoms with Gasteiger partial charge in [0.1, 0.15) is 23.2 Å². The van der Waals surface area contributed by atoms with E-state index in [2.05, 4.69) is 0 Å². The van der Waals surface area contributed by atoms with Gasteiger partial charge in [-0.05, 0) is 13.0 Å². The third kappa shape index (κ3) is 1.80. The van der Waals surface area contributed by atoms with E-state index in [9.17, 15) is 0 Å². The first-order valence-corrected chi connectivity index (χ1v) is 8.62. The summed E-state index contributed by atoms with van der Waals surface area (Å²) < 4.78 is 40.8. The quantitative estimate of drug-likeness (QED) is 0.762. The SMILES string of the molecule is COc1c2c(c(OC)c3c(OC)c4c(c(OC)c13)C1C=CC4(C)O1)OCO2. The molecule has 0 aromatic heterocycles. The van der Waals surface area contributed by atoms with Crippen LogP contribution in [0.3, 0.4) is 0 Å². The maximum absolute atomic E-state index is 6.22. The van der Waals surface area contributed by atoms with Gasteiger partial charge in [0.15, 0.2) is 11.5 Å². The van der Waals surface area contributed by atoms with Crippen molar-refractivity contribution in [3.8, 4) is 34.5 Å². The molecule has 2 unspecified atom stereocenters. The van der Waals surface area contributed by atoms with E-state index >= 15 is 0 Å². The molecule has 7 heteroatoms. The van der Waals surface area contributed by atoms with E-state index in [1.165, 1.54) is 0 Å². The lowest BCUT2D eigenvalue weighted by molar-refractivity contribution is 0.0101. The molecule has 5 rings (SSSR count). The first-order chi connectivity index (χ1) is 13.1. The van der Waals surface area contributed by atoms with Gasteiger partial charge >= 0.3 is 0 Å². The first-order valence-electron chi connectivity index (χ1n) is 8.62. The molecule has 142 valence electrons. The van der Waals surface area contributed by atoms with Crippen molar-refractivity contribution >= 4 is 10.8 Å². The van der Waals surface area contributed by atoms with Gasteiger partial charge in [-0.25, -0.2) is 0 Å². The highest BCUT2D eigenvalue weighted by molar-refractivity contribution is 6.08. The summed E-state index contributed by atoms with van der Waals surface area (Å²) in [6.45, 7) is 2.10. The van der Waals surface area contributed by atoms with Gasteiger partial charge in [0.25, 0.3) is 0 Å². The van der Waals surface area contributed by atoms with E-state index in [4.69, 9.17) is 33.2 Å². The smallest absolute Gasteiger partial charge is 0.231 e. The molecular formula is C20H20O7. The lowest BCUT2D eigenvalue weighted by Crippen LogP contribution is -2.17. The second-order valence-electron chi connectivity index (χ2n) is 6.74. The zero-order valence-electron chi connectivity index (χ0n) is 15.8. The molecule has 0 radical (unpaired) electrons. The van der Waals surface area contributed by atoms with Crippen LogP contribution >= 0.6 is 0 Å². The van der Waals surface area contributed by atoms with Crippen LogP contribution in [-0.4, -0.2) is 35.2 Å². The van der Waals surface area contributed by atoms with Crippen molar-refractivity contribution < 1.29 is 33.2 Å². The second kappa shape index (κ2) is 5.36. The molecule has 0 saturated heterocycles. The molecule has 0 aliphatic carbocycles. The highest BCUT2D eigenvalue weighted by Crippen LogP contribution is 2.64. The highest BCUT2D eigenvalue weighted by Gasteiger charge is 2.50. The summed E-state index contributed by atoms with van der Waals surface area (Å²) in [6.07, 6.45) is 3.87. The maximum Gasteiger partial charge on any atom is 0.231 e. The van der Waals surface area contributed by atoms with Gasteiger partial charge in [-0.15, -0.1) is 0 Å². The number of hydrogen-bond donors (Lipinski definition) is 0. The molecule has 3 aliphatic heterocycles. The van der Waals surface area contributed by atoms with E-state index in [1.807, 2.05) is 19.1 Å². The topological polar surface area (TPSA) is 64.6 Å². The molecule has 3 aliphatic rings. The summed E-state index contributed by atoms with van der Waals surface area (Å²) in [7, 11) is 6.45. The van der Waals surface area contributed by atoms with Crippen LogP contribution in [0.25, 0.3) is 10.8 Å². The predicted molar refractivity (Wildman–Crippen MR) is 96.6 cm³/mol. The van der Waals surface area contributed by atoms with Crippen molar-refractivity contribution in [2.24, 2.45) is 0 Å². The Bertz CT molecular complexity index is 1010. The summed E-state index contributed by atoms with van der Waals surface area (Å²) in [5.41, 5.74) is 1.27. The van der Waals surface area contributed by atoms with E-state index in [0.29, 0.717) is 45.3 Å². The van der Waals surface area contributed by atoms with Gasteiger partial charge in [0.2, 0.25) is 18.3 Å². The monoisotopic (exact) mass is 372 g/mol. The van der Waals surface area contributed by atoms with Gasteiger partial charge in [-0.3, -0.25) is 0 Å². The number of hydrogen-bond acceptors (Lipinski definition) is 7. The molecule has 2 atom stereocenters. The number of fused-ring (bicyclic) bond motifs is 7. The summed E-state index contributed by atoms with van der Waals surface area (Å²) in [5, 5.41) is 1.42. The first kappa shape index (κ1) is 16.4. The zero-order valence-corrected chi connectivity index (χ0v) is 15.8. The summed E-state index contributed by atoms with van der Waals surface area (Å²) in [5.74, 6) is 3.34. The Morgan fingerprint density at radius 3 is 1.96 bits per heavy atom. The molecule has 3 heterocycles. The van der Waals surface area contributed by atoms with Crippen LogP contribution in [0.5, 0.6) is 34.5 Å². The van der Waals surface area contributed by atoms with Crippen molar-refractivity contribution in [3.05, 3.63) is 23.3 Å². The van der Waals surface area contributed by atoms with E-state index in [1.54, 1.807) is 28.4 Å². The number of methoxy groups -OCH3 is 4. The molecule has 0 amide bonds. The fraction of sp³-hybridized carbons (Fsp3) is 0.400. The van der Waals surface area contributed by atoms with Crippen LogP contribution in [-0.2, 0) is 10.3 Å². The highest BCUT2D eigenvalue weighted by atomic mass is 16.7. The summed E-state index contributed by atoms with van der Waals surface area (Å²) >= 11 is 0. The second-order valence-corrected chi connectivity index (χ2v) is 6.74. The Hall–Kier alpha value is -2.80. The van der Waals surface area contributed by atoms with Gasteiger partial charge < -0.3 is 33.2 Å². The average Bonchev–Trinajstić information content (AvgIpc) is 3.37. The lowest BCUT2D eigenvalue weighted by Gasteiger charge is -2.26. The fourth-order valence-corrected chi connectivity index (χ4v) is 4.48. The Kier molecular flexibility index (Phi) is 3.25. The zero-order chi connectivity index (χ0) is 18.9. The number of ether oxygens (including phenoxy) is 7. The molecule has 2 aromatic rings. The van der Waals surface area contributed by atoms with Crippen LogP contribution in [0.2, 0.25) is 0 Å². The van der Waals surface area contributed by atoms with Crippen molar-refractivity contribution in [1.29, 1.82) is 0 Å². The van der Waals surface area contributed by atoms with Crippen molar-refractivity contribution in [3.63, 3.8) is 0 Å². The van der Waals surface area contributed by atoms with Crippen LogP contribution in [0.1, 0.15) is 24.2 Å². The van der Waals surface area contributed by atoms with Crippen molar-refractivity contribution in [2.45, 2.75) is 18.6 Å². The van der Waals surface area contributed by atoms with Gasteiger partial charge in [-0.1, -0.05) is 6.08 Å². The van der Waals surface area contributed by atoms with Gasteiger partial charge in [-0.2, -0.15) is 0 Å². The molecule has 2 aromatic carbocycles. The standard InChI is InChI=1S/C20H20O7/c1-20-7-6-9(27-20)10-13(20)15(22-3)12-11(14(10)21-2)16(23-4)18-19(17(12)24-5)26-8-25-18/h6-7,9H,8H2,1-5H3. The molecule has 0 N–H and O–H groups in total. The molecular weight excluding hydrogens is 352 g/mol. The average molecular weight is 372 g/mol. The van der Waals surface area contributed by atoms with E-state index in [-0.39, 0.29) is 12.9 Å². The summed E-state index contributed by atoms with van der Waals surface area (Å²) in [4.78, 5) is 0. The third-order valence-corrected chi connectivity index (χ3v) is 5.48. The third-order valence-electron chi connectivity index (χ3n) is 5.48. The van der Waals surface area contributed by atoms with E-state index in [0.717, 1.165) is 11.1 Å². The van der Waals surface area contributed by atoms with Crippen LogP contribution in [0.15, 0.2) is 12.2 Å². The minimum Gasteiger partial charge on any atom is -0.496 e. The normalized spacial score (nSPS) is 23.7. The van der Waals surface area contributed by atoms with Crippen LogP contribution < -0.4 is 28.4 Å². The summed E-state index contributed by atoms with van der Waals surface area (Å²) in [6, 6.07) is 0. The van der Waals surface area contributed by atoms with Crippen molar-refractivity contribution in [2.75, 3.05) is 35.2 Å². The molecule has 0 saturated carbocycles. The minimum atomic E-state index is -0.596. The Morgan fingerprint density at radius 2 is 1.41 bits per heavy atom. The maximum atomic E-state index is 6.22. The molecule has 0 fully saturated rings. The van der Waals surface area contributed by atoms with Gasteiger partial charge in [0, 0.05) is 11.1 Å².